The smallest absolute Gasteiger partial charge is 0.269 e. The van der Waals surface area contributed by atoms with E-state index in [9.17, 15) is 9.59 Å². The van der Waals surface area contributed by atoms with Crippen molar-refractivity contribution in [2.75, 3.05) is 7.11 Å². The Kier molecular flexibility index (Phi) is 5.97. The second kappa shape index (κ2) is 7.96. The highest BCUT2D eigenvalue weighted by atomic mass is 127. The molecule has 0 fully saturated rings. The van der Waals surface area contributed by atoms with Gasteiger partial charge in [-0.3, -0.25) is 20.4 Å². The van der Waals surface area contributed by atoms with Gasteiger partial charge in [0.25, 0.3) is 5.91 Å². The molecule has 0 atom stereocenters. The lowest BCUT2D eigenvalue weighted by Gasteiger charge is -2.10. The molecular formula is C17H17IN2O3. The summed E-state index contributed by atoms with van der Waals surface area (Å²) in [6.45, 7) is 1.94. The average molecular weight is 424 g/mol. The van der Waals surface area contributed by atoms with Crippen LogP contribution in [0.1, 0.15) is 21.5 Å². The number of halogens is 1. The number of carbonyl (C=O) groups is 2. The van der Waals surface area contributed by atoms with Crippen LogP contribution in [-0.2, 0) is 11.2 Å². The molecule has 0 saturated heterocycles. The van der Waals surface area contributed by atoms with E-state index < -0.39 is 0 Å². The number of hydrogen-bond donors (Lipinski definition) is 2. The zero-order chi connectivity index (χ0) is 16.8. The van der Waals surface area contributed by atoms with Crippen molar-refractivity contribution in [3.63, 3.8) is 0 Å². The maximum absolute atomic E-state index is 12.1. The van der Waals surface area contributed by atoms with Crippen molar-refractivity contribution in [2.24, 2.45) is 0 Å². The molecule has 0 aromatic heterocycles. The summed E-state index contributed by atoms with van der Waals surface area (Å²) >= 11 is 2.09. The van der Waals surface area contributed by atoms with E-state index in [-0.39, 0.29) is 18.2 Å². The van der Waals surface area contributed by atoms with E-state index in [2.05, 4.69) is 33.4 Å². The molecule has 0 aliphatic carbocycles. The summed E-state index contributed by atoms with van der Waals surface area (Å²) in [6, 6.07) is 12.7. The van der Waals surface area contributed by atoms with Gasteiger partial charge < -0.3 is 4.74 Å². The Balaban J connectivity index is 1.92. The van der Waals surface area contributed by atoms with E-state index in [0.717, 1.165) is 14.7 Å². The first-order valence-corrected chi connectivity index (χ1v) is 8.06. The number of amides is 2. The summed E-state index contributed by atoms with van der Waals surface area (Å²) < 4.78 is 5.97. The van der Waals surface area contributed by atoms with Crippen LogP contribution in [0.4, 0.5) is 0 Å². The first kappa shape index (κ1) is 17.3. The molecule has 2 aromatic rings. The second-order valence-electron chi connectivity index (χ2n) is 4.95. The third-order valence-electron chi connectivity index (χ3n) is 3.34. The number of nitrogens with one attached hydrogen (secondary N) is 2. The minimum absolute atomic E-state index is 0.215. The van der Waals surface area contributed by atoms with Gasteiger partial charge in [-0.05, 0) is 58.8 Å². The van der Waals surface area contributed by atoms with Crippen molar-refractivity contribution in [1.29, 1.82) is 0 Å². The Morgan fingerprint density at radius 2 is 1.87 bits per heavy atom. The largest absolute Gasteiger partial charge is 0.496 e. The number of hydrogen-bond acceptors (Lipinski definition) is 3. The van der Waals surface area contributed by atoms with Gasteiger partial charge in [0.1, 0.15) is 5.75 Å². The molecule has 0 saturated carbocycles. The highest BCUT2D eigenvalue weighted by Gasteiger charge is 2.11. The van der Waals surface area contributed by atoms with Crippen LogP contribution in [0.15, 0.2) is 42.5 Å². The molecule has 0 heterocycles. The number of aryl methyl sites for hydroxylation is 1. The maximum Gasteiger partial charge on any atom is 0.269 e. The third-order valence-corrected chi connectivity index (χ3v) is 4.18. The maximum atomic E-state index is 12.1. The van der Waals surface area contributed by atoms with Crippen molar-refractivity contribution in [2.45, 2.75) is 13.3 Å². The SMILES string of the molecule is COc1ccc(C(=O)NNC(=O)Cc2ccccc2C)cc1I. The zero-order valence-corrected chi connectivity index (χ0v) is 15.0. The normalized spacial score (nSPS) is 10.0. The highest BCUT2D eigenvalue weighted by molar-refractivity contribution is 14.1. The van der Waals surface area contributed by atoms with Gasteiger partial charge in [0, 0.05) is 5.56 Å². The van der Waals surface area contributed by atoms with E-state index in [1.807, 2.05) is 31.2 Å². The Labute approximate surface area is 148 Å². The lowest BCUT2D eigenvalue weighted by atomic mass is 10.1. The lowest BCUT2D eigenvalue weighted by molar-refractivity contribution is -0.121. The molecule has 120 valence electrons. The van der Waals surface area contributed by atoms with Gasteiger partial charge in [-0.1, -0.05) is 24.3 Å². The van der Waals surface area contributed by atoms with Crippen LogP contribution in [0.2, 0.25) is 0 Å². The molecule has 23 heavy (non-hydrogen) atoms. The molecule has 0 aliphatic heterocycles. The molecule has 0 bridgehead atoms. The van der Waals surface area contributed by atoms with Crippen LogP contribution in [0.5, 0.6) is 5.75 Å². The topological polar surface area (TPSA) is 67.4 Å². The minimum atomic E-state index is -0.372. The van der Waals surface area contributed by atoms with Crippen LogP contribution >= 0.6 is 22.6 Å². The molecule has 5 nitrogen and oxygen atoms in total. The molecular weight excluding hydrogens is 407 g/mol. The monoisotopic (exact) mass is 424 g/mol. The van der Waals surface area contributed by atoms with Crippen LogP contribution in [0.25, 0.3) is 0 Å². The third kappa shape index (κ3) is 4.69. The molecule has 6 heteroatoms. The molecule has 0 radical (unpaired) electrons. The first-order chi connectivity index (χ1) is 11.0. The van der Waals surface area contributed by atoms with Crippen molar-refractivity contribution in [3.8, 4) is 5.75 Å². The van der Waals surface area contributed by atoms with Gasteiger partial charge in [-0.2, -0.15) is 0 Å². The van der Waals surface area contributed by atoms with Crippen LogP contribution in [0.3, 0.4) is 0 Å². The zero-order valence-electron chi connectivity index (χ0n) is 12.9. The summed E-state index contributed by atoms with van der Waals surface area (Å²) in [4.78, 5) is 24.0. The Morgan fingerprint density at radius 1 is 1.13 bits per heavy atom. The highest BCUT2D eigenvalue weighted by Crippen LogP contribution is 2.21. The number of hydrazine groups is 1. The number of ether oxygens (including phenoxy) is 1. The number of benzene rings is 2. The second-order valence-corrected chi connectivity index (χ2v) is 6.12. The number of methoxy groups -OCH3 is 1. The van der Waals surface area contributed by atoms with Crippen LogP contribution in [0, 0.1) is 10.5 Å². The van der Waals surface area contributed by atoms with Gasteiger partial charge in [-0.25, -0.2) is 0 Å². The van der Waals surface area contributed by atoms with E-state index in [1.54, 1.807) is 25.3 Å². The molecule has 0 unspecified atom stereocenters. The molecule has 0 aliphatic rings. The van der Waals surface area contributed by atoms with E-state index in [1.165, 1.54) is 0 Å². The van der Waals surface area contributed by atoms with Gasteiger partial charge in [0.15, 0.2) is 0 Å². The molecule has 2 N–H and O–H groups in total. The van der Waals surface area contributed by atoms with Crippen molar-refractivity contribution >= 4 is 34.4 Å². The molecule has 0 spiro atoms. The van der Waals surface area contributed by atoms with E-state index in [4.69, 9.17) is 4.74 Å². The lowest BCUT2D eigenvalue weighted by Crippen LogP contribution is -2.42. The van der Waals surface area contributed by atoms with Gasteiger partial charge in [-0.15, -0.1) is 0 Å². The molecule has 2 aromatic carbocycles. The van der Waals surface area contributed by atoms with Gasteiger partial charge in [0.05, 0.1) is 17.1 Å². The number of carbonyl (C=O) groups excluding carboxylic acids is 2. The van der Waals surface area contributed by atoms with Crippen molar-refractivity contribution < 1.29 is 14.3 Å². The fourth-order valence-electron chi connectivity index (χ4n) is 2.03. The van der Waals surface area contributed by atoms with E-state index in [0.29, 0.717) is 11.3 Å². The fourth-order valence-corrected chi connectivity index (χ4v) is 2.77. The van der Waals surface area contributed by atoms with Crippen LogP contribution < -0.4 is 15.6 Å². The fraction of sp³-hybridized carbons (Fsp3) is 0.176. The summed E-state index contributed by atoms with van der Waals surface area (Å²) in [6.07, 6.45) is 0.215. The predicted molar refractivity (Wildman–Crippen MR) is 96.2 cm³/mol. The Hall–Kier alpha value is -2.09. The molecule has 2 rings (SSSR count). The van der Waals surface area contributed by atoms with Gasteiger partial charge >= 0.3 is 0 Å². The Bertz CT molecular complexity index is 732. The molecule has 2 amide bonds. The first-order valence-electron chi connectivity index (χ1n) is 6.98. The standard InChI is InChI=1S/C17H17IN2O3/c1-11-5-3-4-6-12(11)10-16(21)19-20-17(22)13-7-8-15(23-2)14(18)9-13/h3-9H,10H2,1-2H3,(H,19,21)(H,20,22). The summed E-state index contributed by atoms with van der Waals surface area (Å²) in [5.41, 5.74) is 7.27. The minimum Gasteiger partial charge on any atom is -0.496 e. The van der Waals surface area contributed by atoms with E-state index >= 15 is 0 Å². The van der Waals surface area contributed by atoms with Crippen LogP contribution in [-0.4, -0.2) is 18.9 Å². The predicted octanol–water partition coefficient (Wildman–Crippen LogP) is 2.61. The number of rotatable bonds is 4. The van der Waals surface area contributed by atoms with Crippen molar-refractivity contribution in [3.05, 3.63) is 62.7 Å². The summed E-state index contributed by atoms with van der Waals surface area (Å²) in [5, 5.41) is 0. The Morgan fingerprint density at radius 3 is 2.52 bits per heavy atom. The van der Waals surface area contributed by atoms with Gasteiger partial charge in [0.2, 0.25) is 5.91 Å². The average Bonchev–Trinajstić information content (AvgIpc) is 2.54. The summed E-state index contributed by atoms with van der Waals surface area (Å²) in [5.74, 6) is 0.0605. The quantitative estimate of drug-likeness (QED) is 0.586. The summed E-state index contributed by atoms with van der Waals surface area (Å²) in [7, 11) is 1.57. The van der Waals surface area contributed by atoms with Crippen molar-refractivity contribution in [1.82, 2.24) is 10.9 Å².